The molecule has 4 heteroatoms. The summed E-state index contributed by atoms with van der Waals surface area (Å²) in [6.07, 6.45) is 3.04. The Labute approximate surface area is 107 Å². The first kappa shape index (κ1) is 13.7. The number of likely N-dealkylation sites (N-methyl/N-ethyl adjacent to an activating group) is 1. The number of rotatable bonds is 6. The van der Waals surface area contributed by atoms with Crippen LogP contribution in [0.15, 0.2) is 18.2 Å². The van der Waals surface area contributed by atoms with Crippen molar-refractivity contribution in [1.29, 1.82) is 0 Å². The van der Waals surface area contributed by atoms with Crippen LogP contribution >= 0.6 is 23.4 Å². The van der Waals surface area contributed by atoms with E-state index in [1.165, 1.54) is 0 Å². The van der Waals surface area contributed by atoms with E-state index < -0.39 is 0 Å². The topological polar surface area (TPSA) is 21.3 Å². The first-order valence-electron chi connectivity index (χ1n) is 5.20. The SMILES string of the molecule is CNC(CSC)Cc1cc(Cl)ccc1OC. The minimum Gasteiger partial charge on any atom is -0.496 e. The van der Waals surface area contributed by atoms with Crippen LogP contribution in [0.3, 0.4) is 0 Å². The Balaban J connectivity index is 2.80. The first-order chi connectivity index (χ1) is 7.71. The normalized spacial score (nSPS) is 12.5. The van der Waals surface area contributed by atoms with E-state index in [4.69, 9.17) is 16.3 Å². The molecule has 0 bridgehead atoms. The first-order valence-corrected chi connectivity index (χ1v) is 6.97. The van der Waals surface area contributed by atoms with Crippen molar-refractivity contribution in [3.05, 3.63) is 28.8 Å². The lowest BCUT2D eigenvalue weighted by Crippen LogP contribution is -2.30. The summed E-state index contributed by atoms with van der Waals surface area (Å²) in [5.74, 6) is 1.98. The molecule has 0 saturated carbocycles. The highest BCUT2D eigenvalue weighted by molar-refractivity contribution is 7.98. The average molecular weight is 260 g/mol. The van der Waals surface area contributed by atoms with Gasteiger partial charge in [-0.15, -0.1) is 0 Å². The minimum atomic E-state index is 0.447. The molecular weight excluding hydrogens is 242 g/mol. The Bertz CT molecular complexity index is 333. The molecule has 1 N–H and O–H groups in total. The zero-order chi connectivity index (χ0) is 12.0. The average Bonchev–Trinajstić information content (AvgIpc) is 2.29. The molecule has 0 heterocycles. The van der Waals surface area contributed by atoms with Gasteiger partial charge >= 0.3 is 0 Å². The smallest absolute Gasteiger partial charge is 0.122 e. The number of hydrogen-bond donors (Lipinski definition) is 1. The maximum atomic E-state index is 6.00. The largest absolute Gasteiger partial charge is 0.496 e. The molecule has 0 aliphatic rings. The Kier molecular flexibility index (Phi) is 6.03. The van der Waals surface area contributed by atoms with Crippen LogP contribution in [0.1, 0.15) is 5.56 Å². The molecule has 1 unspecified atom stereocenters. The summed E-state index contributed by atoms with van der Waals surface area (Å²) in [5, 5.41) is 4.06. The second-order valence-electron chi connectivity index (χ2n) is 3.60. The predicted molar refractivity (Wildman–Crippen MR) is 72.9 cm³/mol. The highest BCUT2D eigenvalue weighted by atomic mass is 35.5. The molecule has 2 nitrogen and oxygen atoms in total. The minimum absolute atomic E-state index is 0.447. The highest BCUT2D eigenvalue weighted by Crippen LogP contribution is 2.24. The molecular formula is C12H18ClNOS. The molecule has 0 radical (unpaired) electrons. The van der Waals surface area contributed by atoms with Crippen LogP contribution in [0.4, 0.5) is 0 Å². The number of methoxy groups -OCH3 is 1. The van der Waals surface area contributed by atoms with Crippen LogP contribution in [0.5, 0.6) is 5.75 Å². The number of nitrogens with one attached hydrogen (secondary N) is 1. The number of ether oxygens (including phenoxy) is 1. The number of halogens is 1. The van der Waals surface area contributed by atoms with Crippen LogP contribution in [-0.4, -0.2) is 32.2 Å². The van der Waals surface area contributed by atoms with Gasteiger partial charge in [-0.05, 0) is 43.5 Å². The summed E-state index contributed by atoms with van der Waals surface area (Å²) >= 11 is 7.83. The molecule has 16 heavy (non-hydrogen) atoms. The van der Waals surface area contributed by atoms with Crippen molar-refractivity contribution in [2.45, 2.75) is 12.5 Å². The van der Waals surface area contributed by atoms with E-state index in [1.54, 1.807) is 7.11 Å². The summed E-state index contributed by atoms with van der Waals surface area (Å²) < 4.78 is 5.33. The van der Waals surface area contributed by atoms with Gasteiger partial charge < -0.3 is 10.1 Å². The van der Waals surface area contributed by atoms with Gasteiger partial charge in [0, 0.05) is 16.8 Å². The molecule has 1 atom stereocenters. The van der Waals surface area contributed by atoms with Crippen LogP contribution < -0.4 is 10.1 Å². The van der Waals surface area contributed by atoms with Gasteiger partial charge in [0.1, 0.15) is 5.75 Å². The fourth-order valence-electron chi connectivity index (χ4n) is 1.62. The van der Waals surface area contributed by atoms with Gasteiger partial charge in [0.25, 0.3) is 0 Å². The fourth-order valence-corrected chi connectivity index (χ4v) is 2.50. The molecule has 0 aliphatic carbocycles. The van der Waals surface area contributed by atoms with Crippen LogP contribution in [0, 0.1) is 0 Å². The van der Waals surface area contributed by atoms with Crippen LogP contribution in [0.25, 0.3) is 0 Å². The summed E-state index contributed by atoms with van der Waals surface area (Å²) in [4.78, 5) is 0. The Morgan fingerprint density at radius 3 is 2.81 bits per heavy atom. The Morgan fingerprint density at radius 2 is 2.25 bits per heavy atom. The van der Waals surface area contributed by atoms with Crippen molar-refractivity contribution in [2.24, 2.45) is 0 Å². The van der Waals surface area contributed by atoms with Crippen molar-refractivity contribution in [2.75, 3.05) is 26.2 Å². The predicted octanol–water partition coefficient (Wildman–Crippen LogP) is 2.84. The van der Waals surface area contributed by atoms with E-state index in [9.17, 15) is 0 Å². The lowest BCUT2D eigenvalue weighted by atomic mass is 10.1. The Morgan fingerprint density at radius 1 is 1.50 bits per heavy atom. The third-order valence-corrected chi connectivity index (χ3v) is 3.46. The van der Waals surface area contributed by atoms with Crippen molar-refractivity contribution in [3.63, 3.8) is 0 Å². The lowest BCUT2D eigenvalue weighted by molar-refractivity contribution is 0.407. The van der Waals surface area contributed by atoms with Gasteiger partial charge in [-0.2, -0.15) is 11.8 Å². The molecule has 1 aromatic carbocycles. The molecule has 0 amide bonds. The third kappa shape index (κ3) is 3.89. The van der Waals surface area contributed by atoms with E-state index in [1.807, 2.05) is 37.0 Å². The molecule has 0 spiro atoms. The van der Waals surface area contributed by atoms with Crippen LogP contribution in [-0.2, 0) is 6.42 Å². The van der Waals surface area contributed by atoms with Gasteiger partial charge in [0.15, 0.2) is 0 Å². The fraction of sp³-hybridized carbons (Fsp3) is 0.500. The maximum Gasteiger partial charge on any atom is 0.122 e. The second-order valence-corrected chi connectivity index (χ2v) is 4.95. The molecule has 0 saturated heterocycles. The van der Waals surface area contributed by atoms with E-state index >= 15 is 0 Å². The molecule has 1 rings (SSSR count). The summed E-state index contributed by atoms with van der Waals surface area (Å²) in [5.41, 5.74) is 1.16. The molecule has 0 fully saturated rings. The zero-order valence-corrected chi connectivity index (χ0v) is 11.5. The quantitative estimate of drug-likeness (QED) is 0.849. The van der Waals surface area contributed by atoms with Crippen molar-refractivity contribution < 1.29 is 4.74 Å². The Hall–Kier alpha value is -0.380. The van der Waals surface area contributed by atoms with Gasteiger partial charge in [0.05, 0.1) is 7.11 Å². The number of hydrogen-bond acceptors (Lipinski definition) is 3. The maximum absolute atomic E-state index is 6.00. The summed E-state index contributed by atoms with van der Waals surface area (Å²) in [6, 6.07) is 6.20. The van der Waals surface area contributed by atoms with Crippen molar-refractivity contribution >= 4 is 23.4 Å². The zero-order valence-electron chi connectivity index (χ0n) is 9.92. The van der Waals surface area contributed by atoms with Gasteiger partial charge in [-0.3, -0.25) is 0 Å². The molecule has 90 valence electrons. The highest BCUT2D eigenvalue weighted by Gasteiger charge is 2.10. The van der Waals surface area contributed by atoms with Gasteiger partial charge in [-0.1, -0.05) is 11.6 Å². The van der Waals surface area contributed by atoms with E-state index in [-0.39, 0.29) is 0 Å². The number of thioether (sulfide) groups is 1. The van der Waals surface area contributed by atoms with Crippen molar-refractivity contribution in [3.8, 4) is 5.75 Å². The lowest BCUT2D eigenvalue weighted by Gasteiger charge is -2.17. The third-order valence-electron chi connectivity index (χ3n) is 2.48. The van der Waals surface area contributed by atoms with Crippen LogP contribution in [0.2, 0.25) is 5.02 Å². The molecule has 0 aromatic heterocycles. The van der Waals surface area contributed by atoms with E-state index in [0.717, 1.165) is 28.5 Å². The molecule has 0 aliphatic heterocycles. The standard InChI is InChI=1S/C12H18ClNOS/c1-14-11(8-16-3)7-9-6-10(13)4-5-12(9)15-2/h4-6,11,14H,7-8H2,1-3H3. The van der Waals surface area contributed by atoms with E-state index in [0.29, 0.717) is 6.04 Å². The monoisotopic (exact) mass is 259 g/mol. The summed E-state index contributed by atoms with van der Waals surface area (Å²) in [7, 11) is 3.67. The molecule has 1 aromatic rings. The second kappa shape index (κ2) is 7.05. The van der Waals surface area contributed by atoms with Gasteiger partial charge in [-0.25, -0.2) is 0 Å². The van der Waals surface area contributed by atoms with E-state index in [2.05, 4.69) is 11.6 Å². The summed E-state index contributed by atoms with van der Waals surface area (Å²) in [6.45, 7) is 0. The van der Waals surface area contributed by atoms with Gasteiger partial charge in [0.2, 0.25) is 0 Å². The van der Waals surface area contributed by atoms with Crippen molar-refractivity contribution in [1.82, 2.24) is 5.32 Å². The number of benzene rings is 1.